The Bertz CT molecular complexity index is 572. The van der Waals surface area contributed by atoms with Crippen molar-refractivity contribution in [2.75, 3.05) is 7.11 Å². The Morgan fingerprint density at radius 1 is 1.55 bits per heavy atom. The predicted molar refractivity (Wildman–Crippen MR) is 79.5 cm³/mol. The fourth-order valence-corrected chi connectivity index (χ4v) is 2.50. The molecule has 1 fully saturated rings. The van der Waals surface area contributed by atoms with Gasteiger partial charge in [0.1, 0.15) is 0 Å². The van der Waals surface area contributed by atoms with Crippen LogP contribution in [0.15, 0.2) is 28.4 Å². The molecule has 0 unspecified atom stereocenters. The number of thioether (sulfide) groups is 1. The first kappa shape index (κ1) is 14.4. The van der Waals surface area contributed by atoms with E-state index in [9.17, 15) is 9.90 Å². The van der Waals surface area contributed by atoms with Crippen LogP contribution in [0.25, 0.3) is 0 Å². The van der Waals surface area contributed by atoms with Crippen molar-refractivity contribution < 1.29 is 14.6 Å². The Balaban J connectivity index is 2.05. The number of benzene rings is 1. The minimum atomic E-state index is -0.0854. The van der Waals surface area contributed by atoms with Gasteiger partial charge in [-0.15, -0.1) is 5.10 Å². The summed E-state index contributed by atoms with van der Waals surface area (Å²) in [6.07, 6.45) is 2.29. The van der Waals surface area contributed by atoms with Crippen LogP contribution in [-0.4, -0.2) is 34.8 Å². The lowest BCUT2D eigenvalue weighted by atomic mass is 10.2. The molecule has 0 saturated carbocycles. The van der Waals surface area contributed by atoms with Gasteiger partial charge < -0.3 is 15.2 Å². The van der Waals surface area contributed by atoms with E-state index >= 15 is 0 Å². The molecular formula is C13H15N3O3S. The number of phenols is 1. The first-order valence-corrected chi connectivity index (χ1v) is 6.97. The second kappa shape index (κ2) is 6.42. The molecule has 1 aromatic rings. The standard InChI is InChI=1S/C13H15N3O3S/c1-3-11-12(18)15-13(20-11)16-14-7-8-4-5-9(17)10(6-8)19-2/h4-7,11,17H,3H2,1-2H3,(H,15,16,18)/b14-7+/t11-/m1/s1. The molecule has 0 spiro atoms. The molecule has 1 saturated heterocycles. The lowest BCUT2D eigenvalue weighted by molar-refractivity contribution is -0.118. The molecule has 1 aliphatic heterocycles. The maximum absolute atomic E-state index is 11.5. The summed E-state index contributed by atoms with van der Waals surface area (Å²) in [6, 6.07) is 4.86. The van der Waals surface area contributed by atoms with Crippen LogP contribution in [0.1, 0.15) is 18.9 Å². The Hall–Kier alpha value is -2.02. The molecule has 0 bridgehead atoms. The summed E-state index contributed by atoms with van der Waals surface area (Å²) in [5.41, 5.74) is 0.741. The minimum absolute atomic E-state index is 0.0299. The molecule has 2 rings (SSSR count). The van der Waals surface area contributed by atoms with Gasteiger partial charge in [0, 0.05) is 0 Å². The van der Waals surface area contributed by atoms with Crippen LogP contribution in [0.3, 0.4) is 0 Å². The van der Waals surface area contributed by atoms with Gasteiger partial charge in [-0.1, -0.05) is 18.7 Å². The third-order valence-electron chi connectivity index (χ3n) is 2.71. The molecule has 106 valence electrons. The van der Waals surface area contributed by atoms with Crippen molar-refractivity contribution in [2.45, 2.75) is 18.6 Å². The average Bonchev–Trinajstić information content (AvgIpc) is 2.81. The van der Waals surface area contributed by atoms with E-state index in [1.54, 1.807) is 12.1 Å². The molecule has 1 aliphatic rings. The van der Waals surface area contributed by atoms with E-state index in [2.05, 4.69) is 15.5 Å². The van der Waals surface area contributed by atoms with Crippen LogP contribution < -0.4 is 10.1 Å². The number of nitrogens with zero attached hydrogens (tertiary/aromatic N) is 2. The highest BCUT2D eigenvalue weighted by atomic mass is 32.2. The van der Waals surface area contributed by atoms with Crippen LogP contribution in [0.4, 0.5) is 0 Å². The van der Waals surface area contributed by atoms with Crippen LogP contribution in [0, 0.1) is 0 Å². The number of methoxy groups -OCH3 is 1. The molecule has 1 heterocycles. The number of ether oxygens (including phenoxy) is 1. The van der Waals surface area contributed by atoms with E-state index in [1.165, 1.54) is 31.2 Å². The molecule has 20 heavy (non-hydrogen) atoms. The van der Waals surface area contributed by atoms with Gasteiger partial charge in [0.15, 0.2) is 16.7 Å². The van der Waals surface area contributed by atoms with Crippen molar-refractivity contribution in [3.63, 3.8) is 0 Å². The topological polar surface area (TPSA) is 83.3 Å². The molecule has 1 atom stereocenters. The molecule has 0 radical (unpaired) electrons. The first-order valence-electron chi connectivity index (χ1n) is 6.09. The number of nitrogens with one attached hydrogen (secondary N) is 1. The number of rotatable bonds is 4. The van der Waals surface area contributed by atoms with Crippen molar-refractivity contribution in [2.24, 2.45) is 10.2 Å². The lowest BCUT2D eigenvalue weighted by Gasteiger charge is -2.02. The van der Waals surface area contributed by atoms with E-state index in [4.69, 9.17) is 4.74 Å². The number of phenolic OH excluding ortho intramolecular Hbond substituents is 1. The Kier molecular flexibility index (Phi) is 4.62. The summed E-state index contributed by atoms with van der Waals surface area (Å²) in [6.45, 7) is 1.95. The Labute approximate surface area is 120 Å². The highest BCUT2D eigenvalue weighted by Crippen LogP contribution is 2.25. The third kappa shape index (κ3) is 3.30. The normalized spacial score (nSPS) is 20.6. The SMILES string of the molecule is CC[C@H]1S/C(=N\N=C\c2ccc(O)c(OC)c2)NC1=O. The summed E-state index contributed by atoms with van der Waals surface area (Å²) < 4.78 is 5.00. The van der Waals surface area contributed by atoms with Gasteiger partial charge in [-0.2, -0.15) is 5.10 Å². The van der Waals surface area contributed by atoms with Crippen LogP contribution in [0.5, 0.6) is 11.5 Å². The van der Waals surface area contributed by atoms with Crippen molar-refractivity contribution >= 4 is 29.1 Å². The smallest absolute Gasteiger partial charge is 0.239 e. The molecule has 7 heteroatoms. The first-order chi connectivity index (χ1) is 9.63. The number of carbonyl (C=O) groups excluding carboxylic acids is 1. The lowest BCUT2D eigenvalue weighted by Crippen LogP contribution is -2.24. The second-order valence-corrected chi connectivity index (χ2v) is 5.28. The summed E-state index contributed by atoms with van der Waals surface area (Å²) >= 11 is 1.37. The van der Waals surface area contributed by atoms with Gasteiger partial charge in [0.05, 0.1) is 18.6 Å². The van der Waals surface area contributed by atoms with E-state index < -0.39 is 0 Å². The number of hydrogen-bond donors (Lipinski definition) is 2. The number of carbonyl (C=O) groups is 1. The highest BCUT2D eigenvalue weighted by Gasteiger charge is 2.28. The van der Waals surface area contributed by atoms with E-state index in [-0.39, 0.29) is 16.9 Å². The molecule has 0 aromatic heterocycles. The monoisotopic (exact) mass is 293 g/mol. The zero-order chi connectivity index (χ0) is 14.5. The maximum Gasteiger partial charge on any atom is 0.239 e. The fraction of sp³-hybridized carbons (Fsp3) is 0.308. The molecular weight excluding hydrogens is 278 g/mol. The van der Waals surface area contributed by atoms with Gasteiger partial charge in [0.2, 0.25) is 5.91 Å². The summed E-state index contributed by atoms with van der Waals surface area (Å²) in [4.78, 5) is 11.5. The molecule has 2 N–H and O–H groups in total. The summed E-state index contributed by atoms with van der Waals surface area (Å²) in [5, 5.41) is 20.4. The number of amidine groups is 1. The van der Waals surface area contributed by atoms with Crippen LogP contribution in [0.2, 0.25) is 0 Å². The second-order valence-electron chi connectivity index (χ2n) is 4.09. The predicted octanol–water partition coefficient (Wildman–Crippen LogP) is 1.73. The van der Waals surface area contributed by atoms with Crippen molar-refractivity contribution in [1.82, 2.24) is 5.32 Å². The Morgan fingerprint density at radius 2 is 2.35 bits per heavy atom. The van der Waals surface area contributed by atoms with Crippen molar-refractivity contribution in [3.05, 3.63) is 23.8 Å². The van der Waals surface area contributed by atoms with Crippen LogP contribution in [-0.2, 0) is 4.79 Å². The summed E-state index contributed by atoms with van der Waals surface area (Å²) in [7, 11) is 1.48. The number of hydrogen-bond acceptors (Lipinski definition) is 6. The quantitative estimate of drug-likeness (QED) is 0.654. The minimum Gasteiger partial charge on any atom is -0.504 e. The third-order valence-corrected chi connectivity index (χ3v) is 3.95. The number of amides is 1. The molecule has 6 nitrogen and oxygen atoms in total. The van der Waals surface area contributed by atoms with Gasteiger partial charge in [-0.3, -0.25) is 4.79 Å². The van der Waals surface area contributed by atoms with E-state index in [0.29, 0.717) is 10.9 Å². The van der Waals surface area contributed by atoms with E-state index in [1.807, 2.05) is 6.92 Å². The Morgan fingerprint density at radius 3 is 3.00 bits per heavy atom. The fourth-order valence-electron chi connectivity index (χ4n) is 1.64. The highest BCUT2D eigenvalue weighted by molar-refractivity contribution is 8.15. The van der Waals surface area contributed by atoms with Gasteiger partial charge in [0.25, 0.3) is 0 Å². The van der Waals surface area contributed by atoms with Crippen LogP contribution >= 0.6 is 11.8 Å². The largest absolute Gasteiger partial charge is 0.504 e. The zero-order valence-electron chi connectivity index (χ0n) is 11.2. The van der Waals surface area contributed by atoms with Gasteiger partial charge >= 0.3 is 0 Å². The van der Waals surface area contributed by atoms with Gasteiger partial charge in [-0.05, 0) is 30.2 Å². The van der Waals surface area contributed by atoms with Crippen molar-refractivity contribution in [1.29, 1.82) is 0 Å². The summed E-state index contributed by atoms with van der Waals surface area (Å²) in [5.74, 6) is 0.411. The molecule has 0 aliphatic carbocycles. The van der Waals surface area contributed by atoms with E-state index in [0.717, 1.165) is 12.0 Å². The van der Waals surface area contributed by atoms with Gasteiger partial charge in [-0.25, -0.2) is 0 Å². The van der Waals surface area contributed by atoms with Crippen molar-refractivity contribution in [3.8, 4) is 11.5 Å². The maximum atomic E-state index is 11.5. The molecule has 1 amide bonds. The average molecular weight is 293 g/mol. The zero-order valence-corrected chi connectivity index (χ0v) is 12.0. The molecule has 1 aromatic carbocycles. The number of aromatic hydroxyl groups is 1.